The van der Waals surface area contributed by atoms with Crippen molar-refractivity contribution < 1.29 is 9.53 Å². The number of carbonyl (C=O) groups is 1. The van der Waals surface area contributed by atoms with Crippen LogP contribution < -0.4 is 21.3 Å². The van der Waals surface area contributed by atoms with E-state index in [1.807, 2.05) is 24.3 Å². The minimum Gasteiger partial charge on any atom is -0.496 e. The van der Waals surface area contributed by atoms with Crippen molar-refractivity contribution in [1.82, 2.24) is 15.1 Å². The van der Waals surface area contributed by atoms with Crippen molar-refractivity contribution in [3.05, 3.63) is 59.9 Å². The molecule has 1 heterocycles. The van der Waals surface area contributed by atoms with E-state index in [2.05, 4.69) is 10.2 Å². The van der Waals surface area contributed by atoms with Crippen LogP contribution in [0.15, 0.2) is 48.7 Å². The van der Waals surface area contributed by atoms with Gasteiger partial charge in [-0.25, -0.2) is 5.84 Å². The van der Waals surface area contributed by atoms with Crippen LogP contribution in [0.3, 0.4) is 0 Å². The predicted molar refractivity (Wildman–Crippen MR) is 106 cm³/mol. The van der Waals surface area contributed by atoms with Gasteiger partial charge in [0.25, 0.3) is 5.91 Å². The maximum atomic E-state index is 12.2. The molecular weight excluding hydrogens is 344 g/mol. The molecule has 0 aliphatic carbocycles. The van der Waals surface area contributed by atoms with Crippen molar-refractivity contribution >= 4 is 28.2 Å². The van der Waals surface area contributed by atoms with E-state index in [1.54, 1.807) is 38.5 Å². The molecular formula is C19H22N6O2. The number of H-pyrrole nitrogens is 1. The molecule has 0 unspecified atom stereocenters. The fourth-order valence-corrected chi connectivity index (χ4v) is 2.73. The second kappa shape index (κ2) is 7.38. The summed E-state index contributed by atoms with van der Waals surface area (Å²) in [7, 11) is 4.87. The van der Waals surface area contributed by atoms with E-state index in [0.717, 1.165) is 10.9 Å². The number of nitrogens with two attached hydrogens (primary N) is 2. The maximum absolute atomic E-state index is 12.2. The fraction of sp³-hybridized carbons (Fsp3) is 0.158. The quantitative estimate of drug-likeness (QED) is 0.469. The van der Waals surface area contributed by atoms with Crippen LogP contribution in [0.5, 0.6) is 5.75 Å². The highest BCUT2D eigenvalue weighted by Gasteiger charge is 2.16. The van der Waals surface area contributed by atoms with E-state index < -0.39 is 0 Å². The van der Waals surface area contributed by atoms with Gasteiger partial charge < -0.3 is 15.4 Å². The first kappa shape index (κ1) is 18.3. The third-order valence-electron chi connectivity index (χ3n) is 4.14. The number of aromatic nitrogens is 2. The topological polar surface area (TPSA) is 113 Å². The van der Waals surface area contributed by atoms with Gasteiger partial charge in [-0.05, 0) is 18.2 Å². The molecule has 0 radical (unpaired) electrons. The minimum absolute atomic E-state index is 0.153. The van der Waals surface area contributed by atoms with Crippen LogP contribution >= 0.6 is 0 Å². The Balaban J connectivity index is 1.92. The van der Waals surface area contributed by atoms with Crippen molar-refractivity contribution in [3.8, 4) is 5.75 Å². The Morgan fingerprint density at radius 1 is 1.22 bits per heavy atom. The van der Waals surface area contributed by atoms with Gasteiger partial charge in [-0.1, -0.05) is 18.2 Å². The number of carbonyl (C=O) groups excluding carboxylic acids is 1. The normalized spacial score (nSPS) is 11.5. The Hall–Kier alpha value is -3.52. The minimum atomic E-state index is -0.153. The number of ether oxygens (including phenoxy) is 1. The van der Waals surface area contributed by atoms with E-state index in [9.17, 15) is 4.79 Å². The van der Waals surface area contributed by atoms with Crippen LogP contribution in [-0.4, -0.2) is 42.2 Å². The van der Waals surface area contributed by atoms with E-state index in [4.69, 9.17) is 16.3 Å². The number of aromatic amines is 1. The number of rotatable bonds is 5. The molecule has 0 aliphatic heterocycles. The first-order valence-electron chi connectivity index (χ1n) is 8.26. The van der Waals surface area contributed by atoms with Gasteiger partial charge in [-0.2, -0.15) is 5.10 Å². The molecule has 1 aromatic heterocycles. The third kappa shape index (κ3) is 3.56. The maximum Gasteiger partial charge on any atom is 0.257 e. The number of benzene rings is 2. The van der Waals surface area contributed by atoms with Gasteiger partial charge in [0.15, 0.2) is 0 Å². The summed E-state index contributed by atoms with van der Waals surface area (Å²) in [5, 5.41) is 9.47. The number of hydrazine groups is 1. The van der Waals surface area contributed by atoms with Gasteiger partial charge in [0.1, 0.15) is 11.4 Å². The highest BCUT2D eigenvalue weighted by molar-refractivity contribution is 5.97. The number of nitrogens with zero attached hydrogens (tertiary/aromatic N) is 3. The van der Waals surface area contributed by atoms with Crippen molar-refractivity contribution in [3.63, 3.8) is 0 Å². The number of para-hydroxylation sites is 1. The van der Waals surface area contributed by atoms with E-state index in [0.29, 0.717) is 28.4 Å². The molecule has 1 amide bonds. The molecule has 2 aromatic carbocycles. The number of anilines is 1. The number of amides is 1. The van der Waals surface area contributed by atoms with Crippen LogP contribution in [0, 0.1) is 0 Å². The fourth-order valence-electron chi connectivity index (χ4n) is 2.73. The highest BCUT2D eigenvalue weighted by atomic mass is 16.5. The molecule has 140 valence electrons. The standard InChI is InChI=1S/C19H22N6O2/c1-24(2)19(26)14-9-8-12(10-17(14)27-3)25(21)11-15(20)18-13-6-4-5-7-16(13)22-23-18/h4-11H,20-21H2,1-3H3,(H,22,23)/b15-11-. The van der Waals surface area contributed by atoms with Gasteiger partial charge in [-0.15, -0.1) is 0 Å². The number of fused-ring (bicyclic) bond motifs is 1. The summed E-state index contributed by atoms with van der Waals surface area (Å²) in [6.07, 6.45) is 1.57. The van der Waals surface area contributed by atoms with E-state index in [-0.39, 0.29) is 5.91 Å². The average Bonchev–Trinajstić information content (AvgIpc) is 3.11. The lowest BCUT2D eigenvalue weighted by Gasteiger charge is -2.18. The third-order valence-corrected chi connectivity index (χ3v) is 4.14. The molecule has 5 N–H and O–H groups in total. The van der Waals surface area contributed by atoms with Crippen molar-refractivity contribution in [1.29, 1.82) is 0 Å². The molecule has 27 heavy (non-hydrogen) atoms. The molecule has 0 atom stereocenters. The first-order valence-corrected chi connectivity index (χ1v) is 8.26. The summed E-state index contributed by atoms with van der Waals surface area (Å²) in [4.78, 5) is 13.7. The second-order valence-electron chi connectivity index (χ2n) is 6.19. The monoisotopic (exact) mass is 366 g/mol. The molecule has 3 rings (SSSR count). The molecule has 0 spiro atoms. The zero-order valence-electron chi connectivity index (χ0n) is 15.4. The lowest BCUT2D eigenvalue weighted by atomic mass is 10.1. The molecule has 0 saturated carbocycles. The van der Waals surface area contributed by atoms with E-state index >= 15 is 0 Å². The van der Waals surface area contributed by atoms with Gasteiger partial charge in [0, 0.05) is 31.7 Å². The largest absolute Gasteiger partial charge is 0.496 e. The van der Waals surface area contributed by atoms with Crippen LogP contribution in [0.4, 0.5) is 5.69 Å². The Morgan fingerprint density at radius 2 is 1.96 bits per heavy atom. The smallest absolute Gasteiger partial charge is 0.257 e. The highest BCUT2D eigenvalue weighted by Crippen LogP contribution is 2.27. The van der Waals surface area contributed by atoms with Gasteiger partial charge in [-0.3, -0.25) is 14.9 Å². The molecule has 0 fully saturated rings. The van der Waals surface area contributed by atoms with Crippen LogP contribution in [0.25, 0.3) is 16.6 Å². The molecule has 0 bridgehead atoms. The Morgan fingerprint density at radius 3 is 2.67 bits per heavy atom. The average molecular weight is 366 g/mol. The summed E-state index contributed by atoms with van der Waals surface area (Å²) in [5.41, 5.74) is 9.18. The van der Waals surface area contributed by atoms with Crippen LogP contribution in [0.2, 0.25) is 0 Å². The van der Waals surface area contributed by atoms with Gasteiger partial charge in [0.2, 0.25) is 0 Å². The van der Waals surface area contributed by atoms with E-state index in [1.165, 1.54) is 17.0 Å². The number of hydrogen-bond donors (Lipinski definition) is 3. The van der Waals surface area contributed by atoms with Crippen LogP contribution in [0.1, 0.15) is 16.1 Å². The van der Waals surface area contributed by atoms with Gasteiger partial charge >= 0.3 is 0 Å². The van der Waals surface area contributed by atoms with Crippen molar-refractivity contribution in [2.24, 2.45) is 11.6 Å². The molecule has 8 heteroatoms. The molecule has 8 nitrogen and oxygen atoms in total. The lowest BCUT2D eigenvalue weighted by molar-refractivity contribution is 0.0824. The summed E-state index contributed by atoms with van der Waals surface area (Å²) >= 11 is 0. The summed E-state index contributed by atoms with van der Waals surface area (Å²) in [6.45, 7) is 0. The zero-order chi connectivity index (χ0) is 19.6. The lowest BCUT2D eigenvalue weighted by Crippen LogP contribution is -2.26. The first-order chi connectivity index (χ1) is 12.9. The second-order valence-corrected chi connectivity index (χ2v) is 6.19. The number of hydrogen-bond acceptors (Lipinski definition) is 6. The van der Waals surface area contributed by atoms with Crippen molar-refractivity contribution in [2.45, 2.75) is 0 Å². The molecule has 0 saturated heterocycles. The SMILES string of the molecule is COc1cc(N(N)/C=C(\N)c2n[nH]c3ccccc23)ccc1C(=O)N(C)C. The summed E-state index contributed by atoms with van der Waals surface area (Å²) in [5.74, 6) is 6.42. The molecule has 0 aliphatic rings. The Labute approximate surface area is 157 Å². The van der Waals surface area contributed by atoms with Gasteiger partial charge in [0.05, 0.1) is 29.6 Å². The Bertz CT molecular complexity index is 1010. The molecule has 3 aromatic rings. The summed E-state index contributed by atoms with van der Waals surface area (Å²) in [6, 6.07) is 12.8. The van der Waals surface area contributed by atoms with Crippen molar-refractivity contribution in [2.75, 3.05) is 26.2 Å². The zero-order valence-corrected chi connectivity index (χ0v) is 15.4. The number of methoxy groups -OCH3 is 1. The summed E-state index contributed by atoms with van der Waals surface area (Å²) < 4.78 is 5.34. The van der Waals surface area contributed by atoms with Crippen LogP contribution in [-0.2, 0) is 0 Å². The Kier molecular flexibility index (Phi) is 5.00. The number of nitrogens with one attached hydrogen (secondary N) is 1. The predicted octanol–water partition coefficient (Wildman–Crippen LogP) is 1.91.